The zero-order valence-electron chi connectivity index (χ0n) is 16.2. The van der Waals surface area contributed by atoms with Crippen LogP contribution >= 0.6 is 11.3 Å². The molecule has 0 saturated carbocycles. The lowest BCUT2D eigenvalue weighted by Crippen LogP contribution is -2.47. The first-order valence-electron chi connectivity index (χ1n) is 9.35. The van der Waals surface area contributed by atoms with Gasteiger partial charge in [0.05, 0.1) is 18.6 Å². The van der Waals surface area contributed by atoms with E-state index >= 15 is 0 Å². The fraction of sp³-hybridized carbons (Fsp3) is 0.286. The van der Waals surface area contributed by atoms with Crippen molar-refractivity contribution in [2.45, 2.75) is 18.9 Å². The van der Waals surface area contributed by atoms with E-state index in [1.807, 2.05) is 42.6 Å². The lowest BCUT2D eigenvalue weighted by molar-refractivity contribution is -0.119. The number of thiophene rings is 1. The topological polar surface area (TPSA) is 87.3 Å². The number of anilines is 1. The van der Waals surface area contributed by atoms with Gasteiger partial charge < -0.3 is 15.0 Å². The fourth-order valence-corrected chi connectivity index (χ4v) is 4.65. The summed E-state index contributed by atoms with van der Waals surface area (Å²) in [7, 11) is 1.60. The zero-order chi connectivity index (χ0) is 20.4. The molecule has 0 aliphatic carbocycles. The maximum Gasteiger partial charge on any atom is 0.254 e. The van der Waals surface area contributed by atoms with E-state index in [0.29, 0.717) is 24.5 Å². The van der Waals surface area contributed by atoms with Crippen LogP contribution in [-0.2, 0) is 9.53 Å². The van der Waals surface area contributed by atoms with Crippen LogP contribution in [0.5, 0.6) is 0 Å². The quantitative estimate of drug-likeness (QED) is 0.652. The summed E-state index contributed by atoms with van der Waals surface area (Å²) in [4.78, 5) is 29.4. The van der Waals surface area contributed by atoms with Gasteiger partial charge in [-0.2, -0.15) is 5.10 Å². The Kier molecular flexibility index (Phi) is 5.46. The number of hydrogen-bond acceptors (Lipinski definition) is 5. The molecule has 2 amide bonds. The SMILES string of the molecule is COCCN1C(=O)c2ccccc2C(C(=O)Nc2cc(C)[nH]n2)C1c1cccs1. The maximum atomic E-state index is 13.4. The average Bonchev–Trinajstić information content (AvgIpc) is 3.39. The van der Waals surface area contributed by atoms with Crippen LogP contribution in [0.3, 0.4) is 0 Å². The van der Waals surface area contributed by atoms with Crippen molar-refractivity contribution >= 4 is 29.0 Å². The number of fused-ring (bicyclic) bond motifs is 1. The van der Waals surface area contributed by atoms with Crippen molar-refractivity contribution in [2.24, 2.45) is 0 Å². The van der Waals surface area contributed by atoms with Gasteiger partial charge in [0.25, 0.3) is 5.91 Å². The number of H-pyrrole nitrogens is 1. The molecule has 29 heavy (non-hydrogen) atoms. The molecular weight excluding hydrogens is 388 g/mol. The normalized spacial score (nSPS) is 18.6. The summed E-state index contributed by atoms with van der Waals surface area (Å²) < 4.78 is 5.24. The van der Waals surface area contributed by atoms with Crippen LogP contribution in [0.15, 0.2) is 47.8 Å². The van der Waals surface area contributed by atoms with Gasteiger partial charge in [0, 0.05) is 35.9 Å². The van der Waals surface area contributed by atoms with E-state index in [0.717, 1.165) is 16.1 Å². The van der Waals surface area contributed by atoms with Crippen LogP contribution in [0.1, 0.15) is 38.5 Å². The molecule has 2 aromatic heterocycles. The molecule has 0 fully saturated rings. The monoisotopic (exact) mass is 410 g/mol. The highest BCUT2D eigenvalue weighted by atomic mass is 32.1. The number of rotatable bonds is 6. The first-order chi connectivity index (χ1) is 14.1. The van der Waals surface area contributed by atoms with E-state index in [1.165, 1.54) is 11.3 Å². The van der Waals surface area contributed by atoms with Gasteiger partial charge in [0.2, 0.25) is 5.91 Å². The van der Waals surface area contributed by atoms with Gasteiger partial charge in [-0.3, -0.25) is 14.7 Å². The molecule has 2 N–H and O–H groups in total. The first-order valence-corrected chi connectivity index (χ1v) is 10.2. The number of aromatic amines is 1. The third kappa shape index (κ3) is 3.68. The van der Waals surface area contributed by atoms with Gasteiger partial charge in [-0.15, -0.1) is 11.3 Å². The van der Waals surface area contributed by atoms with Crippen LogP contribution in [0.25, 0.3) is 0 Å². The summed E-state index contributed by atoms with van der Waals surface area (Å²) in [6, 6.07) is 12.6. The molecule has 3 heterocycles. The van der Waals surface area contributed by atoms with E-state index in [-0.39, 0.29) is 11.8 Å². The molecule has 2 atom stereocenters. The zero-order valence-corrected chi connectivity index (χ0v) is 17.0. The Morgan fingerprint density at radius 3 is 2.83 bits per heavy atom. The van der Waals surface area contributed by atoms with E-state index in [2.05, 4.69) is 15.5 Å². The summed E-state index contributed by atoms with van der Waals surface area (Å²) >= 11 is 1.54. The highest BCUT2D eigenvalue weighted by molar-refractivity contribution is 7.10. The predicted molar refractivity (Wildman–Crippen MR) is 111 cm³/mol. The van der Waals surface area contributed by atoms with Crippen molar-refractivity contribution in [3.05, 3.63) is 69.5 Å². The molecule has 8 heteroatoms. The number of amides is 2. The van der Waals surface area contributed by atoms with Gasteiger partial charge in [-0.1, -0.05) is 24.3 Å². The fourth-order valence-electron chi connectivity index (χ4n) is 3.77. The minimum atomic E-state index is -0.559. The van der Waals surface area contributed by atoms with E-state index in [9.17, 15) is 9.59 Å². The Labute approximate surface area is 172 Å². The van der Waals surface area contributed by atoms with Crippen LogP contribution in [0, 0.1) is 6.92 Å². The molecule has 0 saturated heterocycles. The lowest BCUT2D eigenvalue weighted by atomic mass is 9.81. The second kappa shape index (κ2) is 8.18. The predicted octanol–water partition coefficient (Wildman–Crippen LogP) is 3.35. The highest BCUT2D eigenvalue weighted by Gasteiger charge is 2.44. The van der Waals surface area contributed by atoms with Crippen LogP contribution in [-0.4, -0.2) is 47.2 Å². The number of carbonyl (C=O) groups excluding carboxylic acids is 2. The summed E-state index contributed by atoms with van der Waals surface area (Å²) in [6.45, 7) is 2.67. The van der Waals surface area contributed by atoms with Gasteiger partial charge >= 0.3 is 0 Å². The van der Waals surface area contributed by atoms with Crippen LogP contribution in [0.4, 0.5) is 5.82 Å². The molecular formula is C21H22N4O3S. The van der Waals surface area contributed by atoms with E-state index < -0.39 is 12.0 Å². The third-order valence-electron chi connectivity index (χ3n) is 5.05. The Bertz CT molecular complexity index is 1010. The molecule has 0 bridgehead atoms. The lowest BCUT2D eigenvalue weighted by Gasteiger charge is -2.41. The standard InChI is InChI=1S/C21H22N4O3S/c1-13-12-17(24-23-13)22-20(26)18-14-6-3-4-7-15(14)21(27)25(9-10-28-2)19(18)16-8-5-11-29-16/h3-8,11-12,18-19H,9-10H2,1-2H3,(H2,22,23,24,26). The number of methoxy groups -OCH3 is 1. The minimum absolute atomic E-state index is 0.0873. The number of ether oxygens (including phenoxy) is 1. The number of hydrogen-bond donors (Lipinski definition) is 2. The molecule has 7 nitrogen and oxygen atoms in total. The molecule has 1 aliphatic rings. The molecule has 2 unspecified atom stereocenters. The maximum absolute atomic E-state index is 13.4. The molecule has 150 valence electrons. The van der Waals surface area contributed by atoms with Crippen molar-refractivity contribution < 1.29 is 14.3 Å². The number of benzene rings is 1. The van der Waals surface area contributed by atoms with Crippen molar-refractivity contribution in [3.8, 4) is 0 Å². The largest absolute Gasteiger partial charge is 0.383 e. The van der Waals surface area contributed by atoms with Gasteiger partial charge in [0.15, 0.2) is 5.82 Å². The molecule has 0 radical (unpaired) electrons. The first kappa shape index (κ1) is 19.4. The Hall–Kier alpha value is -2.97. The number of aryl methyl sites for hydroxylation is 1. The molecule has 1 aromatic carbocycles. The summed E-state index contributed by atoms with van der Waals surface area (Å²) in [5.74, 6) is -0.375. The van der Waals surface area contributed by atoms with E-state index in [1.54, 1.807) is 24.1 Å². The highest BCUT2D eigenvalue weighted by Crippen LogP contribution is 2.44. The van der Waals surface area contributed by atoms with Gasteiger partial charge in [-0.05, 0) is 30.0 Å². The van der Waals surface area contributed by atoms with Crippen LogP contribution in [0.2, 0.25) is 0 Å². The smallest absolute Gasteiger partial charge is 0.254 e. The number of nitrogens with one attached hydrogen (secondary N) is 2. The van der Waals surface area contributed by atoms with Crippen molar-refractivity contribution in [2.75, 3.05) is 25.6 Å². The molecule has 3 aromatic rings. The van der Waals surface area contributed by atoms with Crippen molar-refractivity contribution in [1.82, 2.24) is 15.1 Å². The Balaban J connectivity index is 1.80. The third-order valence-corrected chi connectivity index (χ3v) is 5.99. The molecule has 1 aliphatic heterocycles. The summed E-state index contributed by atoms with van der Waals surface area (Å²) in [5, 5.41) is 11.8. The number of aromatic nitrogens is 2. The molecule has 4 rings (SSSR count). The minimum Gasteiger partial charge on any atom is -0.383 e. The van der Waals surface area contributed by atoms with Gasteiger partial charge in [-0.25, -0.2) is 0 Å². The summed E-state index contributed by atoms with van der Waals surface area (Å²) in [6.07, 6.45) is 0. The van der Waals surface area contributed by atoms with Gasteiger partial charge in [0.1, 0.15) is 0 Å². The van der Waals surface area contributed by atoms with Crippen molar-refractivity contribution in [1.29, 1.82) is 0 Å². The summed E-state index contributed by atoms with van der Waals surface area (Å²) in [5.41, 5.74) is 2.14. The average molecular weight is 410 g/mol. The number of carbonyl (C=O) groups is 2. The Morgan fingerprint density at radius 2 is 2.14 bits per heavy atom. The Morgan fingerprint density at radius 1 is 1.31 bits per heavy atom. The number of nitrogens with zero attached hydrogens (tertiary/aromatic N) is 2. The molecule has 0 spiro atoms. The second-order valence-electron chi connectivity index (χ2n) is 6.94. The van der Waals surface area contributed by atoms with Crippen molar-refractivity contribution in [3.63, 3.8) is 0 Å². The second-order valence-corrected chi connectivity index (χ2v) is 7.92. The van der Waals surface area contributed by atoms with E-state index in [4.69, 9.17) is 4.74 Å². The van der Waals surface area contributed by atoms with Crippen LogP contribution < -0.4 is 5.32 Å².